The molecule has 0 saturated carbocycles. The van der Waals surface area contributed by atoms with E-state index in [1.165, 1.54) is 0 Å². The van der Waals surface area contributed by atoms with Gasteiger partial charge in [0.05, 0.1) is 0 Å². The summed E-state index contributed by atoms with van der Waals surface area (Å²) in [6, 6.07) is -0.433. The SMILES string of the molecule is CCCNc1nc(Cl)nc(NC(C)C(=O)N(C)CC)n1. The molecule has 0 spiro atoms. The van der Waals surface area contributed by atoms with Gasteiger partial charge in [0.25, 0.3) is 0 Å². The second-order valence-corrected chi connectivity index (χ2v) is 4.73. The van der Waals surface area contributed by atoms with Crippen LogP contribution in [0, 0.1) is 0 Å². The lowest BCUT2D eigenvalue weighted by molar-refractivity contribution is -0.130. The van der Waals surface area contributed by atoms with Crippen molar-refractivity contribution >= 4 is 29.4 Å². The van der Waals surface area contributed by atoms with E-state index in [0.29, 0.717) is 12.5 Å². The lowest BCUT2D eigenvalue weighted by Gasteiger charge is -2.20. The van der Waals surface area contributed by atoms with Crippen molar-refractivity contribution in [3.8, 4) is 0 Å². The maximum Gasteiger partial charge on any atom is 0.244 e. The van der Waals surface area contributed by atoms with Crippen molar-refractivity contribution in [1.29, 1.82) is 0 Å². The predicted molar refractivity (Wildman–Crippen MR) is 80.0 cm³/mol. The number of anilines is 2. The Morgan fingerprint density at radius 3 is 2.55 bits per heavy atom. The number of halogens is 1. The summed E-state index contributed by atoms with van der Waals surface area (Å²) in [6.07, 6.45) is 0.947. The van der Waals surface area contributed by atoms with E-state index in [2.05, 4.69) is 25.6 Å². The summed E-state index contributed by atoms with van der Waals surface area (Å²) in [6.45, 7) is 7.10. The van der Waals surface area contributed by atoms with E-state index in [4.69, 9.17) is 11.6 Å². The summed E-state index contributed by atoms with van der Waals surface area (Å²) < 4.78 is 0. The molecular weight excluding hydrogens is 280 g/mol. The fourth-order valence-corrected chi connectivity index (χ4v) is 1.63. The van der Waals surface area contributed by atoms with Gasteiger partial charge in [0, 0.05) is 20.1 Å². The zero-order valence-electron chi connectivity index (χ0n) is 12.3. The monoisotopic (exact) mass is 300 g/mol. The number of hydrogen-bond acceptors (Lipinski definition) is 6. The standard InChI is InChI=1S/C12H21ClN6O/c1-5-7-14-11-16-10(13)17-12(18-11)15-8(3)9(20)19(4)6-2/h8H,5-7H2,1-4H3,(H2,14,15,16,17,18). The molecule has 1 rings (SSSR count). The third kappa shape index (κ3) is 4.80. The molecule has 0 aliphatic carbocycles. The molecule has 1 atom stereocenters. The quantitative estimate of drug-likeness (QED) is 0.796. The Labute approximate surface area is 124 Å². The van der Waals surface area contributed by atoms with Crippen molar-refractivity contribution in [2.45, 2.75) is 33.2 Å². The third-order valence-electron chi connectivity index (χ3n) is 2.71. The minimum absolute atomic E-state index is 0.0351. The van der Waals surface area contributed by atoms with Gasteiger partial charge in [0.15, 0.2) is 0 Å². The third-order valence-corrected chi connectivity index (χ3v) is 2.88. The number of hydrogen-bond donors (Lipinski definition) is 2. The molecule has 0 aliphatic rings. The summed E-state index contributed by atoms with van der Waals surface area (Å²) in [4.78, 5) is 25.7. The maximum absolute atomic E-state index is 12.0. The molecule has 1 unspecified atom stereocenters. The fraction of sp³-hybridized carbons (Fsp3) is 0.667. The van der Waals surface area contributed by atoms with Gasteiger partial charge in [-0.2, -0.15) is 15.0 Å². The van der Waals surface area contributed by atoms with Gasteiger partial charge in [-0.25, -0.2) is 0 Å². The summed E-state index contributed by atoms with van der Waals surface area (Å²) in [5.74, 6) is 0.652. The van der Waals surface area contributed by atoms with Crippen LogP contribution in [-0.4, -0.2) is 51.9 Å². The van der Waals surface area contributed by atoms with E-state index < -0.39 is 6.04 Å². The smallest absolute Gasteiger partial charge is 0.244 e. The Morgan fingerprint density at radius 1 is 1.30 bits per heavy atom. The normalized spacial score (nSPS) is 11.8. The first-order valence-corrected chi connectivity index (χ1v) is 7.02. The zero-order chi connectivity index (χ0) is 15.1. The van der Waals surface area contributed by atoms with Crippen LogP contribution in [0.2, 0.25) is 5.28 Å². The molecule has 0 bridgehead atoms. The van der Waals surface area contributed by atoms with E-state index in [-0.39, 0.29) is 17.1 Å². The molecule has 0 radical (unpaired) electrons. The molecule has 0 aromatic carbocycles. The molecule has 1 aromatic rings. The maximum atomic E-state index is 12.0. The van der Waals surface area contributed by atoms with Crippen LogP contribution in [0.4, 0.5) is 11.9 Å². The van der Waals surface area contributed by atoms with Crippen molar-refractivity contribution in [2.24, 2.45) is 0 Å². The van der Waals surface area contributed by atoms with Crippen LogP contribution in [0.25, 0.3) is 0 Å². The highest BCUT2D eigenvalue weighted by Gasteiger charge is 2.17. The lowest BCUT2D eigenvalue weighted by atomic mass is 10.3. The number of carbonyl (C=O) groups excluding carboxylic acids is 1. The molecule has 8 heteroatoms. The van der Waals surface area contributed by atoms with Crippen LogP contribution in [0.15, 0.2) is 0 Å². The first kappa shape index (κ1) is 16.4. The Bertz CT molecular complexity index is 456. The number of nitrogens with one attached hydrogen (secondary N) is 2. The lowest BCUT2D eigenvalue weighted by Crippen LogP contribution is -2.39. The fourth-order valence-electron chi connectivity index (χ4n) is 1.47. The highest BCUT2D eigenvalue weighted by molar-refractivity contribution is 6.28. The van der Waals surface area contributed by atoms with Gasteiger partial charge < -0.3 is 15.5 Å². The summed E-state index contributed by atoms with van der Waals surface area (Å²) in [5, 5.41) is 6.05. The minimum atomic E-state index is -0.433. The molecule has 0 fully saturated rings. The highest BCUT2D eigenvalue weighted by atomic mass is 35.5. The largest absolute Gasteiger partial charge is 0.354 e. The summed E-state index contributed by atoms with van der Waals surface area (Å²) in [5.41, 5.74) is 0. The van der Waals surface area contributed by atoms with E-state index >= 15 is 0 Å². The second-order valence-electron chi connectivity index (χ2n) is 4.40. The molecular formula is C12H21ClN6O. The van der Waals surface area contributed by atoms with Gasteiger partial charge in [-0.1, -0.05) is 6.92 Å². The number of likely N-dealkylation sites (N-methyl/N-ethyl adjacent to an activating group) is 1. The van der Waals surface area contributed by atoms with Crippen molar-refractivity contribution in [1.82, 2.24) is 19.9 Å². The molecule has 0 aliphatic heterocycles. The van der Waals surface area contributed by atoms with E-state index in [0.717, 1.165) is 13.0 Å². The highest BCUT2D eigenvalue weighted by Crippen LogP contribution is 2.11. The van der Waals surface area contributed by atoms with Crippen molar-refractivity contribution in [3.63, 3.8) is 0 Å². The van der Waals surface area contributed by atoms with Gasteiger partial charge in [0.1, 0.15) is 6.04 Å². The Balaban J connectivity index is 2.76. The molecule has 1 amide bonds. The first-order chi connectivity index (χ1) is 9.47. The number of nitrogens with zero attached hydrogens (tertiary/aromatic N) is 4. The molecule has 0 saturated heterocycles. The molecule has 112 valence electrons. The van der Waals surface area contributed by atoms with Crippen LogP contribution >= 0.6 is 11.6 Å². The van der Waals surface area contributed by atoms with Gasteiger partial charge in [-0.3, -0.25) is 4.79 Å². The minimum Gasteiger partial charge on any atom is -0.354 e. The second kappa shape index (κ2) is 7.84. The van der Waals surface area contributed by atoms with Crippen LogP contribution in [0.3, 0.4) is 0 Å². The zero-order valence-corrected chi connectivity index (χ0v) is 13.0. The molecule has 20 heavy (non-hydrogen) atoms. The topological polar surface area (TPSA) is 83.0 Å². The summed E-state index contributed by atoms with van der Waals surface area (Å²) in [7, 11) is 1.75. The van der Waals surface area contributed by atoms with Crippen LogP contribution in [0.1, 0.15) is 27.2 Å². The molecule has 2 N–H and O–H groups in total. The molecule has 7 nitrogen and oxygen atoms in total. The van der Waals surface area contributed by atoms with Crippen LogP contribution in [0.5, 0.6) is 0 Å². The molecule has 1 heterocycles. The number of amides is 1. The summed E-state index contributed by atoms with van der Waals surface area (Å²) >= 11 is 5.84. The average Bonchev–Trinajstić information content (AvgIpc) is 2.42. The predicted octanol–water partition coefficient (Wildman–Crippen LogP) is 1.63. The Morgan fingerprint density at radius 2 is 1.95 bits per heavy atom. The van der Waals surface area contributed by atoms with Crippen molar-refractivity contribution < 1.29 is 4.79 Å². The van der Waals surface area contributed by atoms with Gasteiger partial charge in [-0.15, -0.1) is 0 Å². The average molecular weight is 301 g/mol. The number of aromatic nitrogens is 3. The van der Waals surface area contributed by atoms with Crippen LogP contribution < -0.4 is 10.6 Å². The van der Waals surface area contributed by atoms with E-state index in [1.54, 1.807) is 18.9 Å². The van der Waals surface area contributed by atoms with Crippen LogP contribution in [-0.2, 0) is 4.79 Å². The van der Waals surface area contributed by atoms with Gasteiger partial charge >= 0.3 is 0 Å². The van der Waals surface area contributed by atoms with E-state index in [9.17, 15) is 4.79 Å². The molecule has 1 aromatic heterocycles. The van der Waals surface area contributed by atoms with Crippen molar-refractivity contribution in [3.05, 3.63) is 5.28 Å². The number of carbonyl (C=O) groups is 1. The van der Waals surface area contributed by atoms with Gasteiger partial charge in [-0.05, 0) is 31.9 Å². The number of rotatable bonds is 7. The Kier molecular flexibility index (Phi) is 6.44. The first-order valence-electron chi connectivity index (χ1n) is 6.64. The van der Waals surface area contributed by atoms with E-state index in [1.807, 2.05) is 13.8 Å². The Hall–Kier alpha value is -1.63. The van der Waals surface area contributed by atoms with Gasteiger partial charge in [0.2, 0.25) is 23.1 Å². The van der Waals surface area contributed by atoms with Crippen molar-refractivity contribution in [2.75, 3.05) is 30.8 Å².